The summed E-state index contributed by atoms with van der Waals surface area (Å²) in [4.78, 5) is 4.05. The van der Waals surface area contributed by atoms with E-state index < -0.39 is 0 Å². The van der Waals surface area contributed by atoms with Crippen LogP contribution in [0.15, 0.2) is 35.1 Å². The number of hydrogen-bond acceptors (Lipinski definition) is 3. The van der Waals surface area contributed by atoms with Crippen LogP contribution in [-0.4, -0.2) is 12.1 Å². The van der Waals surface area contributed by atoms with Gasteiger partial charge in [0.1, 0.15) is 5.75 Å². The summed E-state index contributed by atoms with van der Waals surface area (Å²) < 4.78 is 10.5. The van der Waals surface area contributed by atoms with Crippen LogP contribution in [0.5, 0.6) is 5.75 Å². The Morgan fingerprint density at radius 3 is 2.71 bits per heavy atom. The Morgan fingerprint density at radius 2 is 2.07 bits per heavy atom. The Bertz CT molecular complexity index is 434. The van der Waals surface area contributed by atoms with Crippen molar-refractivity contribution in [2.45, 2.75) is 6.92 Å². The van der Waals surface area contributed by atoms with Gasteiger partial charge in [-0.25, -0.2) is 4.98 Å². The molecule has 0 aliphatic carbocycles. The van der Waals surface area contributed by atoms with Crippen molar-refractivity contribution in [3.8, 4) is 17.1 Å². The van der Waals surface area contributed by atoms with Crippen molar-refractivity contribution in [3.05, 3.63) is 36.4 Å². The van der Waals surface area contributed by atoms with Crippen molar-refractivity contribution < 1.29 is 9.15 Å². The Balaban J connectivity index is 2.56. The zero-order valence-corrected chi connectivity index (χ0v) is 8.15. The average molecular weight is 189 g/mol. The van der Waals surface area contributed by atoms with E-state index in [9.17, 15) is 0 Å². The van der Waals surface area contributed by atoms with E-state index in [-0.39, 0.29) is 0 Å². The number of oxazole rings is 1. The molecule has 2 rings (SSSR count). The quantitative estimate of drug-likeness (QED) is 0.728. The van der Waals surface area contributed by atoms with E-state index >= 15 is 0 Å². The molecule has 1 aromatic carbocycles. The van der Waals surface area contributed by atoms with Gasteiger partial charge in [-0.05, 0) is 19.1 Å². The Labute approximate surface area is 82.3 Å². The van der Waals surface area contributed by atoms with Crippen molar-refractivity contribution in [1.82, 2.24) is 4.98 Å². The first-order chi connectivity index (χ1) is 6.83. The van der Waals surface area contributed by atoms with E-state index in [4.69, 9.17) is 9.15 Å². The molecule has 2 aromatic rings. The van der Waals surface area contributed by atoms with E-state index in [2.05, 4.69) is 4.98 Å². The molecule has 0 N–H and O–H groups in total. The molecular formula is C11H11NO2. The van der Waals surface area contributed by atoms with Crippen LogP contribution in [0.1, 0.15) is 5.69 Å². The summed E-state index contributed by atoms with van der Waals surface area (Å²) in [6.45, 7) is 1.91. The molecule has 3 heteroatoms. The zero-order chi connectivity index (χ0) is 9.97. The minimum atomic E-state index is 0.766. The second kappa shape index (κ2) is 3.54. The van der Waals surface area contributed by atoms with Crippen molar-refractivity contribution in [2.75, 3.05) is 7.11 Å². The van der Waals surface area contributed by atoms with E-state index in [1.807, 2.05) is 31.2 Å². The zero-order valence-electron chi connectivity index (χ0n) is 8.15. The van der Waals surface area contributed by atoms with Gasteiger partial charge in [-0.15, -0.1) is 0 Å². The predicted molar refractivity (Wildman–Crippen MR) is 53.2 cm³/mol. The Morgan fingerprint density at radius 1 is 1.29 bits per heavy atom. The summed E-state index contributed by atoms with van der Waals surface area (Å²) in [5.74, 6) is 1.56. The fourth-order valence-electron chi connectivity index (χ4n) is 1.39. The molecule has 0 atom stereocenters. The van der Waals surface area contributed by atoms with Gasteiger partial charge >= 0.3 is 0 Å². The van der Waals surface area contributed by atoms with Crippen LogP contribution in [0.2, 0.25) is 0 Å². The number of ether oxygens (including phenoxy) is 1. The molecule has 0 spiro atoms. The van der Waals surface area contributed by atoms with Crippen molar-refractivity contribution in [2.24, 2.45) is 0 Å². The summed E-state index contributed by atoms with van der Waals surface area (Å²) in [5, 5.41) is 0. The molecule has 0 unspecified atom stereocenters. The molecule has 1 heterocycles. The lowest BCUT2D eigenvalue weighted by Gasteiger charge is -2.05. The largest absolute Gasteiger partial charge is 0.496 e. The van der Waals surface area contributed by atoms with Gasteiger partial charge in [0.15, 0.2) is 12.2 Å². The minimum Gasteiger partial charge on any atom is -0.496 e. The number of aryl methyl sites for hydroxylation is 1. The Hall–Kier alpha value is -1.77. The highest BCUT2D eigenvalue weighted by atomic mass is 16.5. The number of nitrogens with zero attached hydrogens (tertiary/aromatic N) is 1. The average Bonchev–Trinajstić information content (AvgIpc) is 2.64. The lowest BCUT2D eigenvalue weighted by Crippen LogP contribution is -1.87. The first-order valence-corrected chi connectivity index (χ1v) is 4.36. The maximum Gasteiger partial charge on any atom is 0.181 e. The molecule has 1 aromatic heterocycles. The monoisotopic (exact) mass is 189 g/mol. The maximum absolute atomic E-state index is 5.30. The molecule has 0 saturated heterocycles. The number of para-hydroxylation sites is 1. The number of benzene rings is 1. The van der Waals surface area contributed by atoms with Crippen LogP contribution >= 0.6 is 0 Å². The highest BCUT2D eigenvalue weighted by Gasteiger charge is 2.10. The number of hydrogen-bond donors (Lipinski definition) is 0. The molecule has 0 bridgehead atoms. The standard InChI is InChI=1S/C11H11NO2/c1-8-11(14-7-12-8)9-5-3-4-6-10(9)13-2/h3-7H,1-2H3. The van der Waals surface area contributed by atoms with Gasteiger partial charge in [0, 0.05) is 0 Å². The fraction of sp³-hybridized carbons (Fsp3) is 0.182. The lowest BCUT2D eigenvalue weighted by molar-refractivity contribution is 0.414. The van der Waals surface area contributed by atoms with Gasteiger partial charge in [0.2, 0.25) is 0 Å². The molecule has 3 nitrogen and oxygen atoms in total. The molecule has 14 heavy (non-hydrogen) atoms. The summed E-state index contributed by atoms with van der Waals surface area (Å²) in [5.41, 5.74) is 1.81. The third-order valence-electron chi connectivity index (χ3n) is 2.10. The number of rotatable bonds is 2. The van der Waals surface area contributed by atoms with Crippen LogP contribution in [0.3, 0.4) is 0 Å². The molecular weight excluding hydrogens is 178 g/mol. The van der Waals surface area contributed by atoms with Gasteiger partial charge in [-0.1, -0.05) is 12.1 Å². The molecule has 0 fully saturated rings. The lowest BCUT2D eigenvalue weighted by atomic mass is 10.1. The summed E-state index contributed by atoms with van der Waals surface area (Å²) in [7, 11) is 1.64. The number of aromatic nitrogens is 1. The highest BCUT2D eigenvalue weighted by Crippen LogP contribution is 2.31. The van der Waals surface area contributed by atoms with Crippen molar-refractivity contribution in [3.63, 3.8) is 0 Å². The van der Waals surface area contributed by atoms with E-state index in [0.717, 1.165) is 22.8 Å². The predicted octanol–water partition coefficient (Wildman–Crippen LogP) is 2.66. The first kappa shape index (κ1) is 8.81. The number of methoxy groups -OCH3 is 1. The van der Waals surface area contributed by atoms with E-state index in [1.165, 1.54) is 6.39 Å². The topological polar surface area (TPSA) is 35.3 Å². The van der Waals surface area contributed by atoms with Crippen LogP contribution in [0.25, 0.3) is 11.3 Å². The van der Waals surface area contributed by atoms with Gasteiger partial charge < -0.3 is 9.15 Å². The van der Waals surface area contributed by atoms with Crippen molar-refractivity contribution in [1.29, 1.82) is 0 Å². The van der Waals surface area contributed by atoms with Crippen molar-refractivity contribution >= 4 is 0 Å². The third kappa shape index (κ3) is 1.37. The third-order valence-corrected chi connectivity index (χ3v) is 2.10. The van der Waals surface area contributed by atoms with Crippen LogP contribution in [-0.2, 0) is 0 Å². The molecule has 0 saturated carbocycles. The Kier molecular flexibility index (Phi) is 2.23. The second-order valence-electron chi connectivity index (χ2n) is 2.97. The normalized spacial score (nSPS) is 10.1. The van der Waals surface area contributed by atoms with E-state index in [1.54, 1.807) is 7.11 Å². The maximum atomic E-state index is 5.30. The summed E-state index contributed by atoms with van der Waals surface area (Å²) >= 11 is 0. The van der Waals surface area contributed by atoms with Crippen LogP contribution in [0, 0.1) is 6.92 Å². The van der Waals surface area contributed by atoms with Gasteiger partial charge in [-0.3, -0.25) is 0 Å². The molecule has 0 amide bonds. The fourth-order valence-corrected chi connectivity index (χ4v) is 1.39. The van der Waals surface area contributed by atoms with Gasteiger partial charge in [0.25, 0.3) is 0 Å². The van der Waals surface area contributed by atoms with Crippen LogP contribution in [0.4, 0.5) is 0 Å². The van der Waals surface area contributed by atoms with Gasteiger partial charge in [-0.2, -0.15) is 0 Å². The van der Waals surface area contributed by atoms with Crippen LogP contribution < -0.4 is 4.74 Å². The summed E-state index contributed by atoms with van der Waals surface area (Å²) in [6, 6.07) is 7.72. The molecule has 72 valence electrons. The second-order valence-corrected chi connectivity index (χ2v) is 2.97. The smallest absolute Gasteiger partial charge is 0.181 e. The molecule has 0 aliphatic heterocycles. The first-order valence-electron chi connectivity index (χ1n) is 4.36. The molecule has 0 radical (unpaired) electrons. The molecule has 0 aliphatic rings. The minimum absolute atomic E-state index is 0.766. The SMILES string of the molecule is COc1ccccc1-c1ocnc1C. The van der Waals surface area contributed by atoms with E-state index in [0.29, 0.717) is 0 Å². The highest BCUT2D eigenvalue weighted by molar-refractivity contribution is 5.67. The summed E-state index contributed by atoms with van der Waals surface area (Å²) in [6.07, 6.45) is 1.44. The van der Waals surface area contributed by atoms with Gasteiger partial charge in [0.05, 0.1) is 18.4 Å².